The van der Waals surface area contributed by atoms with E-state index in [0.717, 1.165) is 12.1 Å². The topological polar surface area (TPSA) is 73.6 Å². The number of ether oxygens (including phenoxy) is 2. The molecule has 12 heteroatoms. The second-order valence-corrected chi connectivity index (χ2v) is 5.98. The van der Waals surface area contributed by atoms with E-state index in [1.165, 1.54) is 12.3 Å². The molecule has 0 saturated carbocycles. The van der Waals surface area contributed by atoms with Crippen molar-refractivity contribution >= 4 is 0 Å². The highest BCUT2D eigenvalue weighted by Crippen LogP contribution is 2.50. The Bertz CT molecular complexity index is 893. The van der Waals surface area contributed by atoms with Gasteiger partial charge in [-0.1, -0.05) is 12.1 Å². The van der Waals surface area contributed by atoms with E-state index in [1.807, 2.05) is 0 Å². The summed E-state index contributed by atoms with van der Waals surface area (Å²) < 4.78 is 89.3. The van der Waals surface area contributed by atoms with Crippen LogP contribution in [0.3, 0.4) is 0 Å². The molecular formula is C16H12F6N2O4. The molecule has 1 N–H and O–H groups in total. The van der Waals surface area contributed by atoms with Crippen molar-refractivity contribution in [1.82, 2.24) is 9.55 Å². The highest BCUT2D eigenvalue weighted by Gasteiger charge is 2.71. The molecule has 1 atom stereocenters. The molecular weight excluding hydrogens is 398 g/mol. The summed E-state index contributed by atoms with van der Waals surface area (Å²) in [5.74, 6) is -0.0301. The number of aromatic nitrogens is 2. The predicted molar refractivity (Wildman–Crippen MR) is 80.9 cm³/mol. The molecule has 1 aliphatic heterocycles. The number of nitrogens with zero attached hydrogens (tertiary/aromatic N) is 2. The van der Waals surface area contributed by atoms with E-state index in [0.29, 0.717) is 18.7 Å². The van der Waals surface area contributed by atoms with Gasteiger partial charge in [0.25, 0.3) is 17.2 Å². The Labute approximate surface area is 152 Å². The Balaban J connectivity index is 1.69. The van der Waals surface area contributed by atoms with Crippen molar-refractivity contribution < 1.29 is 40.9 Å². The van der Waals surface area contributed by atoms with Crippen LogP contribution in [-0.4, -0.2) is 39.7 Å². The smallest absolute Gasteiger partial charge is 0.430 e. The van der Waals surface area contributed by atoms with Gasteiger partial charge in [0.05, 0.1) is 6.54 Å². The van der Waals surface area contributed by atoms with Crippen LogP contribution in [-0.2, 0) is 12.1 Å². The van der Waals surface area contributed by atoms with Gasteiger partial charge in [-0.3, -0.25) is 9.36 Å². The van der Waals surface area contributed by atoms with Crippen molar-refractivity contribution in [2.24, 2.45) is 0 Å². The largest absolute Gasteiger partial charge is 0.490 e. The Hall–Kier alpha value is -2.76. The standard InChI is InChI=1S/C16H12F6N2O4/c17-15(18,19)14(26,16(20,21)22)9-1-3-10(4-2-9)27-8-11-7-24-6-5-12(25)23-13(24)28-11/h1-6,11,26H,7-8H2. The minimum absolute atomic E-state index is 0.0301. The first-order valence-corrected chi connectivity index (χ1v) is 7.75. The molecule has 28 heavy (non-hydrogen) atoms. The zero-order chi connectivity index (χ0) is 20.7. The number of aliphatic hydroxyl groups is 1. The van der Waals surface area contributed by atoms with E-state index in [1.54, 1.807) is 4.57 Å². The molecule has 152 valence electrons. The Morgan fingerprint density at radius 2 is 1.71 bits per heavy atom. The van der Waals surface area contributed by atoms with Crippen molar-refractivity contribution in [3.63, 3.8) is 0 Å². The van der Waals surface area contributed by atoms with Gasteiger partial charge in [0, 0.05) is 17.8 Å². The second kappa shape index (κ2) is 6.69. The molecule has 0 amide bonds. The summed E-state index contributed by atoms with van der Waals surface area (Å²) in [6.45, 7) is 0.197. The van der Waals surface area contributed by atoms with Crippen LogP contribution in [0.4, 0.5) is 26.3 Å². The Kier molecular flexibility index (Phi) is 4.77. The number of rotatable bonds is 4. The van der Waals surface area contributed by atoms with E-state index in [-0.39, 0.29) is 18.4 Å². The quantitative estimate of drug-likeness (QED) is 0.784. The maximum absolute atomic E-state index is 12.8. The number of halogens is 6. The zero-order valence-corrected chi connectivity index (χ0v) is 13.8. The van der Waals surface area contributed by atoms with Gasteiger partial charge in [-0.2, -0.15) is 31.3 Å². The summed E-state index contributed by atoms with van der Waals surface area (Å²) in [6.07, 6.45) is -11.0. The maximum Gasteiger partial charge on any atom is 0.430 e. The van der Waals surface area contributed by atoms with Crippen LogP contribution in [0.1, 0.15) is 5.56 Å². The number of hydrogen-bond acceptors (Lipinski definition) is 5. The Morgan fingerprint density at radius 1 is 1.11 bits per heavy atom. The highest BCUT2D eigenvalue weighted by molar-refractivity contribution is 5.33. The third kappa shape index (κ3) is 3.51. The molecule has 1 aromatic heterocycles. The average molecular weight is 410 g/mol. The van der Waals surface area contributed by atoms with Crippen molar-refractivity contribution in [3.8, 4) is 11.8 Å². The van der Waals surface area contributed by atoms with Crippen LogP contribution >= 0.6 is 0 Å². The van der Waals surface area contributed by atoms with E-state index in [4.69, 9.17) is 9.47 Å². The fourth-order valence-corrected chi connectivity index (χ4v) is 2.61. The minimum Gasteiger partial charge on any atom is -0.490 e. The van der Waals surface area contributed by atoms with Crippen LogP contribution in [0, 0.1) is 0 Å². The minimum atomic E-state index is -5.96. The lowest BCUT2D eigenvalue weighted by Gasteiger charge is -2.32. The highest BCUT2D eigenvalue weighted by atomic mass is 19.4. The molecule has 0 radical (unpaired) electrons. The number of hydrogen-bond donors (Lipinski definition) is 1. The zero-order valence-electron chi connectivity index (χ0n) is 13.8. The number of alkyl halides is 6. The van der Waals surface area contributed by atoms with Crippen LogP contribution < -0.4 is 15.0 Å². The van der Waals surface area contributed by atoms with Crippen LogP contribution in [0.5, 0.6) is 11.8 Å². The summed E-state index contributed by atoms with van der Waals surface area (Å²) in [7, 11) is 0. The van der Waals surface area contributed by atoms with Crippen LogP contribution in [0.25, 0.3) is 0 Å². The van der Waals surface area contributed by atoms with Gasteiger partial charge < -0.3 is 14.6 Å². The SMILES string of the molecule is O=c1ccn2c(n1)OC(COc1ccc(C(O)(C(F)(F)F)C(F)(F)F)cc1)C2. The lowest BCUT2D eigenvalue weighted by molar-refractivity contribution is -0.376. The van der Waals surface area contributed by atoms with E-state index < -0.39 is 35.2 Å². The van der Waals surface area contributed by atoms with E-state index >= 15 is 0 Å². The van der Waals surface area contributed by atoms with Crippen molar-refractivity contribution in [2.75, 3.05) is 6.61 Å². The first-order chi connectivity index (χ1) is 12.9. The molecule has 2 heterocycles. The van der Waals surface area contributed by atoms with Crippen LogP contribution in [0.2, 0.25) is 0 Å². The molecule has 3 rings (SSSR count). The number of benzene rings is 1. The number of fused-ring (bicyclic) bond motifs is 1. The fraction of sp³-hybridized carbons (Fsp3) is 0.375. The lowest BCUT2D eigenvalue weighted by atomic mass is 9.92. The van der Waals surface area contributed by atoms with Gasteiger partial charge in [-0.05, 0) is 12.1 Å². The summed E-state index contributed by atoms with van der Waals surface area (Å²) in [6, 6.07) is 4.04. The van der Waals surface area contributed by atoms with Gasteiger partial charge in [-0.15, -0.1) is 0 Å². The second-order valence-electron chi connectivity index (χ2n) is 5.98. The maximum atomic E-state index is 12.8. The van der Waals surface area contributed by atoms with Gasteiger partial charge >= 0.3 is 12.4 Å². The third-order valence-corrected chi connectivity index (χ3v) is 4.05. The molecule has 0 spiro atoms. The van der Waals surface area contributed by atoms with Crippen LogP contribution in [0.15, 0.2) is 41.3 Å². The summed E-state index contributed by atoms with van der Waals surface area (Å²) >= 11 is 0. The molecule has 0 fully saturated rings. The molecule has 0 aliphatic carbocycles. The average Bonchev–Trinajstić information content (AvgIpc) is 2.99. The molecule has 1 aliphatic rings. The van der Waals surface area contributed by atoms with Gasteiger partial charge in [0.15, 0.2) is 6.10 Å². The lowest BCUT2D eigenvalue weighted by Crippen LogP contribution is -2.53. The van der Waals surface area contributed by atoms with Crippen molar-refractivity contribution in [1.29, 1.82) is 0 Å². The van der Waals surface area contributed by atoms with E-state index in [2.05, 4.69) is 4.98 Å². The molecule has 0 saturated heterocycles. The molecule has 1 unspecified atom stereocenters. The van der Waals surface area contributed by atoms with Crippen molar-refractivity contribution in [3.05, 3.63) is 52.4 Å². The molecule has 6 nitrogen and oxygen atoms in total. The summed E-state index contributed by atoms with van der Waals surface area (Å²) in [4.78, 5) is 14.8. The van der Waals surface area contributed by atoms with Gasteiger partial charge in [0.2, 0.25) is 0 Å². The fourth-order valence-electron chi connectivity index (χ4n) is 2.61. The molecule has 1 aromatic carbocycles. The predicted octanol–water partition coefficient (Wildman–Crippen LogP) is 2.40. The van der Waals surface area contributed by atoms with E-state index in [9.17, 15) is 36.2 Å². The van der Waals surface area contributed by atoms with Crippen molar-refractivity contribution in [2.45, 2.75) is 30.6 Å². The monoisotopic (exact) mass is 410 g/mol. The summed E-state index contributed by atoms with van der Waals surface area (Å²) in [5.41, 5.74) is -6.87. The molecule has 2 aromatic rings. The first-order valence-electron chi connectivity index (χ1n) is 7.75. The summed E-state index contributed by atoms with van der Waals surface area (Å²) in [5, 5.41) is 9.33. The third-order valence-electron chi connectivity index (χ3n) is 4.05. The Morgan fingerprint density at radius 3 is 2.29 bits per heavy atom. The first kappa shape index (κ1) is 20.0. The van der Waals surface area contributed by atoms with Gasteiger partial charge in [-0.25, -0.2) is 0 Å². The van der Waals surface area contributed by atoms with Gasteiger partial charge in [0.1, 0.15) is 12.4 Å². The molecule has 0 bridgehead atoms. The normalized spacial score (nSPS) is 17.2.